The van der Waals surface area contributed by atoms with E-state index in [2.05, 4.69) is 41.4 Å². The molecule has 5 nitrogen and oxygen atoms in total. The highest BCUT2D eigenvalue weighted by molar-refractivity contribution is 9.10. The molecule has 0 fully saturated rings. The number of nitrogens with zero attached hydrogens (tertiary/aromatic N) is 3. The lowest BCUT2D eigenvalue weighted by molar-refractivity contribution is 0.922. The summed E-state index contributed by atoms with van der Waals surface area (Å²) in [5, 5.41) is 9.87. The minimum atomic E-state index is 0.698. The summed E-state index contributed by atoms with van der Waals surface area (Å²) in [6.07, 6.45) is 4.45. The summed E-state index contributed by atoms with van der Waals surface area (Å²) >= 11 is 3.36. The predicted octanol–water partition coefficient (Wildman–Crippen LogP) is 2.14. The van der Waals surface area contributed by atoms with Gasteiger partial charge >= 0.3 is 0 Å². The maximum atomic E-state index is 4.37. The zero-order valence-electron chi connectivity index (χ0n) is 8.87. The van der Waals surface area contributed by atoms with Gasteiger partial charge < -0.3 is 5.32 Å². The number of hydrogen-bond donors (Lipinski definition) is 2. The fourth-order valence-electron chi connectivity index (χ4n) is 1.28. The lowest BCUT2D eigenvalue weighted by atomic mass is 10.3. The molecule has 0 amide bonds. The van der Waals surface area contributed by atoms with E-state index in [1.54, 1.807) is 6.20 Å². The Balaban J connectivity index is 2.06. The normalized spacial score (nSPS) is 10.4. The Morgan fingerprint density at radius 2 is 2.31 bits per heavy atom. The Morgan fingerprint density at radius 3 is 3.00 bits per heavy atom. The van der Waals surface area contributed by atoms with Crippen molar-refractivity contribution < 1.29 is 0 Å². The van der Waals surface area contributed by atoms with E-state index in [1.807, 2.05) is 19.2 Å². The summed E-state index contributed by atoms with van der Waals surface area (Å²) in [6, 6.07) is 1.86. The van der Waals surface area contributed by atoms with Gasteiger partial charge in [0, 0.05) is 30.8 Å². The maximum Gasteiger partial charge on any atom is 0.131 e. The van der Waals surface area contributed by atoms with Crippen LogP contribution in [0.2, 0.25) is 0 Å². The van der Waals surface area contributed by atoms with Gasteiger partial charge in [-0.2, -0.15) is 5.10 Å². The first-order valence-electron chi connectivity index (χ1n) is 5.03. The van der Waals surface area contributed by atoms with Crippen LogP contribution >= 0.6 is 15.9 Å². The number of aromatic amines is 1. The Morgan fingerprint density at radius 1 is 1.44 bits per heavy atom. The molecule has 0 bridgehead atoms. The van der Waals surface area contributed by atoms with E-state index in [4.69, 9.17) is 0 Å². The Hall–Kier alpha value is -1.43. The van der Waals surface area contributed by atoms with E-state index in [1.165, 1.54) is 0 Å². The first-order valence-corrected chi connectivity index (χ1v) is 5.82. The monoisotopic (exact) mass is 281 g/mol. The van der Waals surface area contributed by atoms with Gasteiger partial charge in [0.05, 0.1) is 6.20 Å². The number of anilines is 1. The first-order chi connectivity index (χ1) is 7.78. The summed E-state index contributed by atoms with van der Waals surface area (Å²) in [5.74, 6) is 1.64. The Kier molecular flexibility index (Phi) is 3.51. The lowest BCUT2D eigenvalue weighted by Crippen LogP contribution is -2.03. The topological polar surface area (TPSA) is 66.5 Å². The van der Waals surface area contributed by atoms with Gasteiger partial charge in [-0.1, -0.05) is 6.92 Å². The molecule has 2 rings (SSSR count). The van der Waals surface area contributed by atoms with Gasteiger partial charge in [-0.25, -0.2) is 9.97 Å². The van der Waals surface area contributed by atoms with E-state index >= 15 is 0 Å². The van der Waals surface area contributed by atoms with E-state index in [0.717, 1.165) is 28.2 Å². The lowest BCUT2D eigenvalue weighted by Gasteiger charge is -2.05. The standard InChI is InChI=1S/C10H12BrN5/c1-2-9-15-8(11)3-10(16-9)12-4-7-5-13-14-6-7/h3,5-6H,2,4H2,1H3,(H,13,14)(H,12,15,16). The molecule has 2 N–H and O–H groups in total. The Labute approximate surface area is 102 Å². The highest BCUT2D eigenvalue weighted by Crippen LogP contribution is 2.13. The molecule has 0 atom stereocenters. The number of H-pyrrole nitrogens is 1. The molecular weight excluding hydrogens is 270 g/mol. The number of aromatic nitrogens is 4. The summed E-state index contributed by atoms with van der Waals surface area (Å²) in [5.41, 5.74) is 1.09. The molecule has 16 heavy (non-hydrogen) atoms. The molecule has 2 heterocycles. The van der Waals surface area contributed by atoms with Crippen LogP contribution in [0.1, 0.15) is 18.3 Å². The summed E-state index contributed by atoms with van der Waals surface area (Å²) in [7, 11) is 0. The fraction of sp³-hybridized carbons (Fsp3) is 0.300. The molecule has 0 aliphatic heterocycles. The van der Waals surface area contributed by atoms with Crippen molar-refractivity contribution in [1.82, 2.24) is 20.2 Å². The van der Waals surface area contributed by atoms with Crippen LogP contribution in [0.5, 0.6) is 0 Å². The molecule has 0 unspecified atom stereocenters. The highest BCUT2D eigenvalue weighted by atomic mass is 79.9. The molecule has 0 saturated heterocycles. The second-order valence-corrected chi connectivity index (χ2v) is 4.12. The first kappa shape index (κ1) is 11.1. The van der Waals surface area contributed by atoms with E-state index in [-0.39, 0.29) is 0 Å². The van der Waals surface area contributed by atoms with Gasteiger partial charge in [0.1, 0.15) is 16.2 Å². The Bertz CT molecular complexity index is 454. The van der Waals surface area contributed by atoms with Gasteiger partial charge in [-0.15, -0.1) is 0 Å². The average Bonchev–Trinajstić information content (AvgIpc) is 2.78. The minimum Gasteiger partial charge on any atom is -0.366 e. The molecule has 0 aliphatic carbocycles. The van der Waals surface area contributed by atoms with Crippen molar-refractivity contribution in [3.63, 3.8) is 0 Å². The van der Waals surface area contributed by atoms with Crippen LogP contribution < -0.4 is 5.32 Å². The molecule has 84 valence electrons. The van der Waals surface area contributed by atoms with Crippen molar-refractivity contribution >= 4 is 21.7 Å². The molecule has 0 saturated carbocycles. The van der Waals surface area contributed by atoms with Gasteiger partial charge in [-0.3, -0.25) is 5.10 Å². The summed E-state index contributed by atoms with van der Waals surface area (Å²) < 4.78 is 0.800. The number of hydrogen-bond acceptors (Lipinski definition) is 4. The van der Waals surface area contributed by atoms with Crippen molar-refractivity contribution in [1.29, 1.82) is 0 Å². The number of rotatable bonds is 4. The van der Waals surface area contributed by atoms with Crippen LogP contribution in [0.3, 0.4) is 0 Å². The maximum absolute atomic E-state index is 4.37. The van der Waals surface area contributed by atoms with Crippen molar-refractivity contribution in [2.45, 2.75) is 19.9 Å². The second kappa shape index (κ2) is 5.07. The van der Waals surface area contributed by atoms with Crippen molar-refractivity contribution in [3.05, 3.63) is 34.5 Å². The number of halogens is 1. The van der Waals surface area contributed by atoms with Gasteiger partial charge in [-0.05, 0) is 15.9 Å². The van der Waals surface area contributed by atoms with E-state index in [0.29, 0.717) is 6.54 Å². The summed E-state index contributed by atoms with van der Waals surface area (Å²) in [6.45, 7) is 2.73. The molecule has 2 aromatic rings. The highest BCUT2D eigenvalue weighted by Gasteiger charge is 2.01. The van der Waals surface area contributed by atoms with Crippen molar-refractivity contribution in [3.8, 4) is 0 Å². The van der Waals surface area contributed by atoms with E-state index < -0.39 is 0 Å². The van der Waals surface area contributed by atoms with Gasteiger partial charge in [0.2, 0.25) is 0 Å². The molecule has 0 spiro atoms. The number of nitrogens with one attached hydrogen (secondary N) is 2. The quantitative estimate of drug-likeness (QED) is 0.843. The van der Waals surface area contributed by atoms with Gasteiger partial charge in [0.15, 0.2) is 0 Å². The van der Waals surface area contributed by atoms with Crippen molar-refractivity contribution in [2.24, 2.45) is 0 Å². The van der Waals surface area contributed by atoms with Crippen LogP contribution in [-0.2, 0) is 13.0 Å². The van der Waals surface area contributed by atoms with Crippen LogP contribution in [0.15, 0.2) is 23.1 Å². The van der Waals surface area contributed by atoms with Gasteiger partial charge in [0.25, 0.3) is 0 Å². The molecule has 0 aromatic carbocycles. The zero-order chi connectivity index (χ0) is 11.4. The molecule has 2 aromatic heterocycles. The number of aryl methyl sites for hydroxylation is 1. The molecule has 6 heteroatoms. The predicted molar refractivity (Wildman–Crippen MR) is 65.0 cm³/mol. The van der Waals surface area contributed by atoms with Crippen LogP contribution in [0.4, 0.5) is 5.82 Å². The average molecular weight is 282 g/mol. The minimum absolute atomic E-state index is 0.698. The fourth-order valence-corrected chi connectivity index (χ4v) is 1.70. The third-order valence-electron chi connectivity index (χ3n) is 2.09. The van der Waals surface area contributed by atoms with Crippen LogP contribution in [0.25, 0.3) is 0 Å². The summed E-state index contributed by atoms with van der Waals surface area (Å²) in [4.78, 5) is 8.61. The zero-order valence-corrected chi connectivity index (χ0v) is 10.5. The third-order valence-corrected chi connectivity index (χ3v) is 2.49. The van der Waals surface area contributed by atoms with Crippen molar-refractivity contribution in [2.75, 3.05) is 5.32 Å². The molecule has 0 aliphatic rings. The molecule has 0 radical (unpaired) electrons. The largest absolute Gasteiger partial charge is 0.366 e. The SMILES string of the molecule is CCc1nc(Br)cc(NCc2cn[nH]c2)n1. The third kappa shape index (κ3) is 2.79. The van der Waals surface area contributed by atoms with Crippen LogP contribution in [0, 0.1) is 0 Å². The smallest absolute Gasteiger partial charge is 0.131 e. The van der Waals surface area contributed by atoms with E-state index in [9.17, 15) is 0 Å². The second-order valence-electron chi connectivity index (χ2n) is 3.31. The van der Waals surface area contributed by atoms with Crippen LogP contribution in [-0.4, -0.2) is 20.2 Å². The molecular formula is C10H12BrN5.